The van der Waals surface area contributed by atoms with Crippen LogP contribution in [0.25, 0.3) is 0 Å². The van der Waals surface area contributed by atoms with E-state index in [0.29, 0.717) is 18.0 Å². The Hall–Kier alpha value is -3.34. The van der Waals surface area contributed by atoms with Gasteiger partial charge in [-0.25, -0.2) is 9.80 Å². The molecule has 1 aliphatic rings. The van der Waals surface area contributed by atoms with Gasteiger partial charge in [0, 0.05) is 25.3 Å². The second-order valence-corrected chi connectivity index (χ2v) is 10.9. The lowest BCUT2D eigenvalue weighted by Crippen LogP contribution is -2.55. The molecule has 1 heterocycles. The molecule has 218 valence electrons. The van der Waals surface area contributed by atoms with Crippen molar-refractivity contribution in [3.05, 3.63) is 66.0 Å². The molecule has 1 fully saturated rings. The van der Waals surface area contributed by atoms with E-state index in [0.717, 1.165) is 25.7 Å². The van der Waals surface area contributed by atoms with Crippen LogP contribution in [0.1, 0.15) is 68.0 Å². The topological polar surface area (TPSA) is 147 Å². The Kier molecular flexibility index (Phi) is 12.0. The van der Waals surface area contributed by atoms with E-state index in [1.165, 1.54) is 13.5 Å². The summed E-state index contributed by atoms with van der Waals surface area (Å²) in [6.45, 7) is 4.09. The maximum absolute atomic E-state index is 14.0. The molecular formula is C30H43N5O5. The molecule has 0 aliphatic heterocycles. The Labute approximate surface area is 236 Å². The summed E-state index contributed by atoms with van der Waals surface area (Å²) in [5.74, 6) is -1.82. The van der Waals surface area contributed by atoms with Gasteiger partial charge in [0.05, 0.1) is 25.2 Å². The number of nitrogens with two attached hydrogens (primary N) is 1. The first kappa shape index (κ1) is 31.2. The number of hydrogen-bond acceptors (Lipinski definition) is 8. The van der Waals surface area contributed by atoms with E-state index >= 15 is 0 Å². The van der Waals surface area contributed by atoms with Gasteiger partial charge < -0.3 is 20.9 Å². The number of ether oxygens (including phenoxy) is 1. The molecule has 0 bridgehead atoms. The first-order valence-corrected chi connectivity index (χ1v) is 14.0. The van der Waals surface area contributed by atoms with Crippen LogP contribution in [0.2, 0.25) is 0 Å². The van der Waals surface area contributed by atoms with Crippen molar-refractivity contribution in [1.82, 2.24) is 20.7 Å². The standard InChI is InChI=1S/C30H43N5O5/c1-20(2)27(33-30(39)40-3)28(37)25(26(31)22-14-8-5-9-15-22)24(36)19-35(18-21-12-6-4-7-13-21)34-29(38)23-16-10-11-17-32-23/h5,8-11,14-17,20-21,24-27,36H,4,6-7,12-13,18-19,31H2,1-3H3,(H,33,39)(H,34,38)/t24-,25+,26?,27-/m0/s1. The number of benzene rings is 1. The van der Waals surface area contributed by atoms with Crippen LogP contribution in [-0.4, -0.2) is 65.2 Å². The molecule has 4 atom stereocenters. The SMILES string of the molecule is COC(=O)N[C@H](C(=O)[C@@H](C(N)c1ccccc1)[C@@H](O)CN(CC1CCCCC1)NC(=O)c1ccccn1)C(C)C. The summed E-state index contributed by atoms with van der Waals surface area (Å²) < 4.78 is 4.74. The second kappa shape index (κ2) is 15.4. The molecular weight excluding hydrogens is 510 g/mol. The Morgan fingerprint density at radius 1 is 1.07 bits per heavy atom. The van der Waals surface area contributed by atoms with Gasteiger partial charge in [0.15, 0.2) is 5.78 Å². The molecule has 40 heavy (non-hydrogen) atoms. The maximum atomic E-state index is 14.0. The number of nitrogens with one attached hydrogen (secondary N) is 2. The van der Waals surface area contributed by atoms with Crippen molar-refractivity contribution in [2.45, 2.75) is 64.1 Å². The lowest BCUT2D eigenvalue weighted by atomic mass is 9.80. The number of carbonyl (C=O) groups is 3. The molecule has 10 heteroatoms. The van der Waals surface area contributed by atoms with E-state index in [1.54, 1.807) is 55.4 Å². The number of nitrogens with zero attached hydrogens (tertiary/aromatic N) is 2. The van der Waals surface area contributed by atoms with Crippen molar-refractivity contribution >= 4 is 17.8 Å². The minimum Gasteiger partial charge on any atom is -0.453 e. The van der Waals surface area contributed by atoms with E-state index < -0.39 is 41.9 Å². The van der Waals surface area contributed by atoms with Crippen LogP contribution in [0.3, 0.4) is 0 Å². The Morgan fingerprint density at radius 2 is 1.75 bits per heavy atom. The fraction of sp³-hybridized carbons (Fsp3) is 0.533. The minimum absolute atomic E-state index is 0.0327. The van der Waals surface area contributed by atoms with Gasteiger partial charge in [0.25, 0.3) is 5.91 Å². The predicted octanol–water partition coefficient (Wildman–Crippen LogP) is 3.24. The molecule has 1 aromatic carbocycles. The first-order valence-electron chi connectivity index (χ1n) is 14.0. The zero-order chi connectivity index (χ0) is 29.1. The van der Waals surface area contributed by atoms with E-state index in [9.17, 15) is 19.5 Å². The number of amides is 2. The third-order valence-corrected chi connectivity index (χ3v) is 7.51. The minimum atomic E-state index is -1.25. The number of aromatic nitrogens is 1. The van der Waals surface area contributed by atoms with Crippen LogP contribution in [0, 0.1) is 17.8 Å². The summed E-state index contributed by atoms with van der Waals surface area (Å²) in [5.41, 5.74) is 10.5. The van der Waals surface area contributed by atoms with Gasteiger partial charge >= 0.3 is 6.09 Å². The number of Topliss-reactive ketones (excluding diaryl/α,β-unsaturated/α-hetero) is 1. The number of aliphatic hydroxyl groups excluding tert-OH is 1. The molecule has 5 N–H and O–H groups in total. The monoisotopic (exact) mass is 553 g/mol. The summed E-state index contributed by atoms with van der Waals surface area (Å²) in [5, 5.41) is 16.0. The van der Waals surface area contributed by atoms with E-state index in [4.69, 9.17) is 10.5 Å². The average Bonchev–Trinajstić information content (AvgIpc) is 2.96. The maximum Gasteiger partial charge on any atom is 0.407 e. The van der Waals surface area contributed by atoms with Crippen LogP contribution < -0.4 is 16.5 Å². The molecule has 0 spiro atoms. The van der Waals surface area contributed by atoms with Gasteiger partial charge in [0.1, 0.15) is 5.69 Å². The van der Waals surface area contributed by atoms with Gasteiger partial charge in [-0.15, -0.1) is 0 Å². The van der Waals surface area contributed by atoms with Gasteiger partial charge in [-0.3, -0.25) is 20.0 Å². The van der Waals surface area contributed by atoms with Gasteiger partial charge in [-0.1, -0.05) is 69.5 Å². The number of methoxy groups -OCH3 is 1. The van der Waals surface area contributed by atoms with E-state index in [2.05, 4.69) is 15.7 Å². The van der Waals surface area contributed by atoms with Gasteiger partial charge in [-0.05, 0) is 42.4 Å². The van der Waals surface area contributed by atoms with Crippen molar-refractivity contribution in [3.63, 3.8) is 0 Å². The highest BCUT2D eigenvalue weighted by Gasteiger charge is 2.40. The third kappa shape index (κ3) is 8.84. The van der Waals surface area contributed by atoms with Gasteiger partial charge in [0.2, 0.25) is 0 Å². The quantitative estimate of drug-likeness (QED) is 0.277. The normalized spacial score (nSPS) is 17.1. The molecule has 2 aromatic rings. The van der Waals surface area contributed by atoms with Crippen molar-refractivity contribution in [3.8, 4) is 0 Å². The number of rotatable bonds is 13. The Bertz CT molecular complexity index is 1080. The lowest BCUT2D eigenvalue weighted by Gasteiger charge is -2.36. The molecule has 1 aliphatic carbocycles. The van der Waals surface area contributed by atoms with Crippen LogP contribution in [0.15, 0.2) is 54.7 Å². The molecule has 1 saturated carbocycles. The Morgan fingerprint density at radius 3 is 2.35 bits per heavy atom. The summed E-state index contributed by atoms with van der Waals surface area (Å²) in [6.07, 6.45) is 5.02. The van der Waals surface area contributed by atoms with Crippen molar-refractivity contribution in [2.75, 3.05) is 20.2 Å². The molecule has 0 saturated heterocycles. The largest absolute Gasteiger partial charge is 0.453 e. The van der Waals surface area contributed by atoms with Gasteiger partial charge in [-0.2, -0.15) is 0 Å². The summed E-state index contributed by atoms with van der Waals surface area (Å²) in [6, 6.07) is 12.4. The first-order chi connectivity index (χ1) is 19.2. The van der Waals surface area contributed by atoms with Crippen molar-refractivity contribution in [1.29, 1.82) is 0 Å². The van der Waals surface area contributed by atoms with Crippen LogP contribution in [0.4, 0.5) is 4.79 Å². The summed E-state index contributed by atoms with van der Waals surface area (Å²) in [7, 11) is 1.23. The third-order valence-electron chi connectivity index (χ3n) is 7.51. The number of alkyl carbamates (subject to hydrolysis) is 1. The molecule has 1 unspecified atom stereocenters. The number of hydrogen-bond donors (Lipinski definition) is 4. The van der Waals surface area contributed by atoms with Crippen LogP contribution in [0.5, 0.6) is 0 Å². The predicted molar refractivity (Wildman–Crippen MR) is 152 cm³/mol. The lowest BCUT2D eigenvalue weighted by molar-refractivity contribution is -0.131. The van der Waals surface area contributed by atoms with E-state index in [1.807, 2.05) is 18.2 Å². The average molecular weight is 554 g/mol. The summed E-state index contributed by atoms with van der Waals surface area (Å²) in [4.78, 5) is 43.2. The van der Waals surface area contributed by atoms with Crippen LogP contribution in [-0.2, 0) is 9.53 Å². The second-order valence-electron chi connectivity index (χ2n) is 10.9. The zero-order valence-electron chi connectivity index (χ0n) is 23.7. The number of aliphatic hydroxyl groups is 1. The molecule has 1 aromatic heterocycles. The van der Waals surface area contributed by atoms with Crippen molar-refractivity contribution in [2.24, 2.45) is 23.5 Å². The molecule has 10 nitrogen and oxygen atoms in total. The highest BCUT2D eigenvalue weighted by molar-refractivity contribution is 5.92. The molecule has 2 amide bonds. The zero-order valence-corrected chi connectivity index (χ0v) is 23.7. The van der Waals surface area contributed by atoms with E-state index in [-0.39, 0.29) is 18.2 Å². The fourth-order valence-corrected chi connectivity index (χ4v) is 5.33. The summed E-state index contributed by atoms with van der Waals surface area (Å²) >= 11 is 0. The van der Waals surface area contributed by atoms with Crippen LogP contribution >= 0.6 is 0 Å². The highest BCUT2D eigenvalue weighted by Crippen LogP contribution is 2.28. The highest BCUT2D eigenvalue weighted by atomic mass is 16.5. The molecule has 3 rings (SSSR count). The Balaban J connectivity index is 1.90. The number of carbonyl (C=O) groups excluding carboxylic acids is 3. The smallest absolute Gasteiger partial charge is 0.407 e. The number of hydrazine groups is 1. The van der Waals surface area contributed by atoms with Crippen molar-refractivity contribution < 1.29 is 24.2 Å². The number of pyridine rings is 1. The number of ketones is 1. The fourth-order valence-electron chi connectivity index (χ4n) is 5.33. The molecule has 0 radical (unpaired) electrons.